The van der Waals surface area contributed by atoms with Gasteiger partial charge in [0, 0.05) is 13.5 Å². The molecule has 0 aliphatic carbocycles. The third-order valence-corrected chi connectivity index (χ3v) is 4.51. The highest BCUT2D eigenvalue weighted by Crippen LogP contribution is 2.12. The van der Waals surface area contributed by atoms with Gasteiger partial charge in [-0.15, -0.1) is 0 Å². The minimum absolute atomic E-state index is 0.0835. The van der Waals surface area contributed by atoms with Gasteiger partial charge in [0.2, 0.25) is 0 Å². The maximum absolute atomic E-state index is 11.0. The minimum Gasteiger partial charge on any atom is -0.469 e. The summed E-state index contributed by atoms with van der Waals surface area (Å²) in [5.74, 6) is -0.0835. The molecular weight excluding hydrogens is 300 g/mol. The summed E-state index contributed by atoms with van der Waals surface area (Å²) < 4.78 is 10.2. The smallest absolute Gasteiger partial charge is 0.305 e. The molecule has 1 atom stereocenters. The zero-order valence-electron chi connectivity index (χ0n) is 16.4. The molecule has 0 rings (SSSR count). The molecule has 1 unspecified atom stereocenters. The highest BCUT2D eigenvalue weighted by Gasteiger charge is 2.04. The monoisotopic (exact) mass is 340 g/mol. The molecule has 0 spiro atoms. The normalized spacial score (nSPS) is 12.6. The first-order chi connectivity index (χ1) is 11.7. The summed E-state index contributed by atoms with van der Waals surface area (Å²) in [4.78, 5) is 11.0. The Morgan fingerprint density at radius 1 is 0.875 bits per heavy atom. The predicted octanol–water partition coefficient (Wildman–Crippen LogP) is 6.21. The van der Waals surface area contributed by atoms with E-state index in [4.69, 9.17) is 4.74 Å². The van der Waals surface area contributed by atoms with Crippen LogP contribution >= 0.6 is 0 Å². The van der Waals surface area contributed by atoms with Gasteiger partial charge in [0.05, 0.1) is 13.2 Å². The van der Waals surface area contributed by atoms with Gasteiger partial charge in [0.25, 0.3) is 0 Å². The molecule has 0 saturated carbocycles. The SMILES string of the molecule is CCCCCCC(C/C=C/CCCCCCCCC(=O)OC)OC. The van der Waals surface area contributed by atoms with Gasteiger partial charge in [-0.3, -0.25) is 4.79 Å². The summed E-state index contributed by atoms with van der Waals surface area (Å²) in [7, 11) is 3.29. The van der Waals surface area contributed by atoms with Crippen molar-refractivity contribution in [2.45, 2.75) is 103 Å². The lowest BCUT2D eigenvalue weighted by Crippen LogP contribution is -2.08. The predicted molar refractivity (Wildman–Crippen MR) is 102 cm³/mol. The lowest BCUT2D eigenvalue weighted by atomic mass is 10.1. The molecule has 142 valence electrons. The molecule has 0 bridgehead atoms. The molecule has 0 heterocycles. The summed E-state index contributed by atoms with van der Waals surface area (Å²) in [6.07, 6.45) is 21.4. The van der Waals surface area contributed by atoms with Gasteiger partial charge in [0.15, 0.2) is 0 Å². The van der Waals surface area contributed by atoms with Crippen molar-refractivity contribution in [1.82, 2.24) is 0 Å². The fourth-order valence-electron chi connectivity index (χ4n) is 2.84. The molecule has 0 aliphatic rings. The van der Waals surface area contributed by atoms with E-state index in [-0.39, 0.29) is 5.97 Å². The van der Waals surface area contributed by atoms with E-state index in [9.17, 15) is 4.79 Å². The number of hydrogen-bond acceptors (Lipinski definition) is 3. The van der Waals surface area contributed by atoms with Crippen LogP contribution in [0, 0.1) is 0 Å². The van der Waals surface area contributed by atoms with Gasteiger partial charge in [0.1, 0.15) is 0 Å². The number of carbonyl (C=O) groups is 1. The molecule has 0 radical (unpaired) electrons. The van der Waals surface area contributed by atoms with Crippen LogP contribution in [-0.4, -0.2) is 26.3 Å². The molecular formula is C21H40O3. The van der Waals surface area contributed by atoms with Crippen molar-refractivity contribution in [3.63, 3.8) is 0 Å². The Morgan fingerprint density at radius 2 is 1.54 bits per heavy atom. The second kappa shape index (κ2) is 18.5. The van der Waals surface area contributed by atoms with Crippen LogP contribution in [0.4, 0.5) is 0 Å². The number of esters is 1. The van der Waals surface area contributed by atoms with Crippen molar-refractivity contribution in [1.29, 1.82) is 0 Å². The van der Waals surface area contributed by atoms with Crippen LogP contribution in [0.15, 0.2) is 12.2 Å². The Balaban J connectivity index is 3.39. The van der Waals surface area contributed by atoms with E-state index in [0.29, 0.717) is 12.5 Å². The van der Waals surface area contributed by atoms with Crippen LogP contribution in [0.5, 0.6) is 0 Å². The molecule has 0 aromatic carbocycles. The van der Waals surface area contributed by atoms with E-state index in [1.807, 2.05) is 7.11 Å². The number of rotatable bonds is 17. The number of hydrogen-bond donors (Lipinski definition) is 0. The summed E-state index contributed by atoms with van der Waals surface area (Å²) >= 11 is 0. The third kappa shape index (κ3) is 16.0. The van der Waals surface area contributed by atoms with Gasteiger partial charge in [-0.1, -0.05) is 70.4 Å². The van der Waals surface area contributed by atoms with E-state index in [0.717, 1.165) is 19.3 Å². The van der Waals surface area contributed by atoms with Crippen LogP contribution in [0.1, 0.15) is 96.8 Å². The first-order valence-electron chi connectivity index (χ1n) is 9.99. The van der Waals surface area contributed by atoms with Crippen molar-refractivity contribution in [2.24, 2.45) is 0 Å². The van der Waals surface area contributed by atoms with Crippen LogP contribution in [0.2, 0.25) is 0 Å². The van der Waals surface area contributed by atoms with Crippen LogP contribution < -0.4 is 0 Å². The van der Waals surface area contributed by atoms with Gasteiger partial charge in [-0.05, 0) is 32.1 Å². The fraction of sp³-hybridized carbons (Fsp3) is 0.857. The quantitative estimate of drug-likeness (QED) is 0.179. The Bertz CT molecular complexity index is 299. The minimum atomic E-state index is -0.0835. The zero-order valence-corrected chi connectivity index (χ0v) is 16.4. The molecule has 3 nitrogen and oxygen atoms in total. The lowest BCUT2D eigenvalue weighted by Gasteiger charge is -2.12. The first kappa shape index (κ1) is 23.2. The molecule has 0 aromatic heterocycles. The van der Waals surface area contributed by atoms with E-state index in [2.05, 4.69) is 23.8 Å². The van der Waals surface area contributed by atoms with Gasteiger partial charge in [-0.2, -0.15) is 0 Å². The topological polar surface area (TPSA) is 35.5 Å². The Labute approximate surface area is 150 Å². The zero-order chi connectivity index (χ0) is 17.9. The average molecular weight is 341 g/mol. The summed E-state index contributed by atoms with van der Waals surface area (Å²) in [6, 6.07) is 0. The highest BCUT2D eigenvalue weighted by molar-refractivity contribution is 5.68. The van der Waals surface area contributed by atoms with E-state index >= 15 is 0 Å². The number of ether oxygens (including phenoxy) is 2. The maximum atomic E-state index is 11.0. The van der Waals surface area contributed by atoms with Crippen molar-refractivity contribution < 1.29 is 14.3 Å². The summed E-state index contributed by atoms with van der Waals surface area (Å²) in [6.45, 7) is 2.25. The third-order valence-electron chi connectivity index (χ3n) is 4.51. The van der Waals surface area contributed by atoms with E-state index < -0.39 is 0 Å². The van der Waals surface area contributed by atoms with Crippen molar-refractivity contribution in [2.75, 3.05) is 14.2 Å². The first-order valence-corrected chi connectivity index (χ1v) is 9.99. The summed E-state index contributed by atoms with van der Waals surface area (Å²) in [5, 5.41) is 0. The molecule has 3 heteroatoms. The van der Waals surface area contributed by atoms with Crippen LogP contribution in [0.3, 0.4) is 0 Å². The van der Waals surface area contributed by atoms with E-state index in [1.165, 1.54) is 71.3 Å². The number of unbranched alkanes of at least 4 members (excludes halogenated alkanes) is 9. The largest absolute Gasteiger partial charge is 0.469 e. The van der Waals surface area contributed by atoms with Crippen LogP contribution in [-0.2, 0) is 14.3 Å². The Hall–Kier alpha value is -0.830. The fourth-order valence-corrected chi connectivity index (χ4v) is 2.84. The summed E-state index contributed by atoms with van der Waals surface area (Å²) in [5.41, 5.74) is 0. The number of methoxy groups -OCH3 is 2. The van der Waals surface area contributed by atoms with Gasteiger partial charge in [-0.25, -0.2) is 0 Å². The second-order valence-corrected chi connectivity index (χ2v) is 6.65. The van der Waals surface area contributed by atoms with Gasteiger partial charge < -0.3 is 9.47 Å². The Morgan fingerprint density at radius 3 is 2.21 bits per heavy atom. The van der Waals surface area contributed by atoms with Crippen LogP contribution in [0.25, 0.3) is 0 Å². The van der Waals surface area contributed by atoms with Gasteiger partial charge >= 0.3 is 5.97 Å². The van der Waals surface area contributed by atoms with E-state index in [1.54, 1.807) is 0 Å². The molecule has 0 aromatic rings. The molecule has 0 amide bonds. The highest BCUT2D eigenvalue weighted by atomic mass is 16.5. The molecule has 0 saturated heterocycles. The second-order valence-electron chi connectivity index (χ2n) is 6.65. The van der Waals surface area contributed by atoms with Crippen molar-refractivity contribution >= 4 is 5.97 Å². The molecule has 0 aliphatic heterocycles. The average Bonchev–Trinajstić information content (AvgIpc) is 2.61. The molecule has 24 heavy (non-hydrogen) atoms. The lowest BCUT2D eigenvalue weighted by molar-refractivity contribution is -0.140. The van der Waals surface area contributed by atoms with Crippen molar-refractivity contribution in [3.05, 3.63) is 12.2 Å². The molecule has 0 fully saturated rings. The number of allylic oxidation sites excluding steroid dienone is 1. The Kier molecular flexibility index (Phi) is 17.9. The number of carbonyl (C=O) groups excluding carboxylic acids is 1. The molecule has 0 N–H and O–H groups in total. The van der Waals surface area contributed by atoms with Crippen molar-refractivity contribution in [3.8, 4) is 0 Å². The maximum Gasteiger partial charge on any atom is 0.305 e. The standard InChI is InChI=1S/C21H40O3/c1-4-5-6-14-17-20(23-2)18-15-12-10-8-7-9-11-13-16-19-21(22)24-3/h12,15,20H,4-11,13-14,16-19H2,1-3H3/b15-12+.